The lowest BCUT2D eigenvalue weighted by molar-refractivity contribution is -0.133. The van der Waals surface area contributed by atoms with Crippen molar-refractivity contribution < 1.29 is 9.59 Å². The van der Waals surface area contributed by atoms with Crippen LogP contribution in [0.5, 0.6) is 0 Å². The van der Waals surface area contributed by atoms with Gasteiger partial charge in [0.2, 0.25) is 5.91 Å². The van der Waals surface area contributed by atoms with E-state index in [-0.39, 0.29) is 41.2 Å². The number of fused-ring (bicyclic) bond motifs is 2. The monoisotopic (exact) mass is 399 g/mol. The van der Waals surface area contributed by atoms with Crippen LogP contribution in [-0.4, -0.2) is 50.0 Å². The van der Waals surface area contributed by atoms with E-state index in [9.17, 15) is 14.4 Å². The maximum absolute atomic E-state index is 13.3. The first-order valence-corrected chi connectivity index (χ1v) is 10.6. The van der Waals surface area contributed by atoms with Gasteiger partial charge in [0.15, 0.2) is 0 Å². The van der Waals surface area contributed by atoms with Gasteiger partial charge in [-0.3, -0.25) is 14.4 Å². The molecule has 2 saturated heterocycles. The molecule has 8 nitrogen and oxygen atoms in total. The molecule has 5 rings (SSSR count). The highest BCUT2D eigenvalue weighted by atomic mass is 32.1. The number of amides is 2. The third kappa shape index (κ3) is 2.85. The molecule has 9 heteroatoms. The summed E-state index contributed by atoms with van der Waals surface area (Å²) in [6.45, 7) is 0. The Morgan fingerprint density at radius 2 is 2.14 bits per heavy atom. The lowest BCUT2D eigenvalue weighted by Crippen LogP contribution is -2.51. The average Bonchev–Trinajstić information content (AvgIpc) is 3.09. The predicted molar refractivity (Wildman–Crippen MR) is 102 cm³/mol. The van der Waals surface area contributed by atoms with Crippen LogP contribution >= 0.6 is 11.3 Å². The fourth-order valence-corrected chi connectivity index (χ4v) is 5.36. The maximum atomic E-state index is 13.3. The summed E-state index contributed by atoms with van der Waals surface area (Å²) in [5, 5.41) is 11.4. The molecule has 146 valence electrons. The number of hydrogen-bond donors (Lipinski definition) is 2. The Bertz CT molecular complexity index is 950. The molecule has 0 aromatic carbocycles. The molecule has 0 unspecified atom stereocenters. The van der Waals surface area contributed by atoms with E-state index in [0.717, 1.165) is 31.4 Å². The van der Waals surface area contributed by atoms with Crippen molar-refractivity contribution in [3.8, 4) is 0 Å². The number of nitrogens with zero attached hydrogens (tertiary/aromatic N) is 3. The van der Waals surface area contributed by atoms with Gasteiger partial charge in [-0.1, -0.05) is 0 Å². The van der Waals surface area contributed by atoms with Crippen molar-refractivity contribution in [2.45, 2.75) is 56.7 Å². The second kappa shape index (κ2) is 6.51. The first kappa shape index (κ1) is 17.5. The van der Waals surface area contributed by atoms with E-state index in [1.165, 1.54) is 23.5 Å². The van der Waals surface area contributed by atoms with E-state index >= 15 is 0 Å². The predicted octanol–water partition coefficient (Wildman–Crippen LogP) is 1.11. The first-order chi connectivity index (χ1) is 13.6. The third-order valence-electron chi connectivity index (χ3n) is 6.22. The molecule has 2 aliphatic heterocycles. The van der Waals surface area contributed by atoms with Crippen LogP contribution in [0.3, 0.4) is 0 Å². The largest absolute Gasteiger partial charge is 0.353 e. The standard InChI is InChI=1S/C19H21N5O3S/c25-16-6-4-14(22-23-16)17(26)24-13-3-5-15(24)19(8-13,7-12-9-28-10-20-12)18(27)21-11-1-2-11/h4,6,9-11,13,15H,1-3,5,7-8H2,(H,21,27)(H,23,25)/t13-,15+,19+/m1/s1. The number of nitrogens with one attached hydrogen (secondary N) is 2. The Balaban J connectivity index is 1.48. The Labute approximate surface area is 165 Å². The van der Waals surface area contributed by atoms with Crippen molar-refractivity contribution >= 4 is 23.2 Å². The van der Waals surface area contributed by atoms with Crippen molar-refractivity contribution in [2.75, 3.05) is 0 Å². The zero-order chi connectivity index (χ0) is 19.3. The van der Waals surface area contributed by atoms with E-state index in [0.29, 0.717) is 12.8 Å². The lowest BCUT2D eigenvalue weighted by atomic mass is 9.70. The molecule has 2 amide bonds. The van der Waals surface area contributed by atoms with Crippen LogP contribution < -0.4 is 10.9 Å². The highest BCUT2D eigenvalue weighted by molar-refractivity contribution is 7.07. The molecule has 2 N–H and O–H groups in total. The van der Waals surface area contributed by atoms with Crippen molar-refractivity contribution in [2.24, 2.45) is 5.41 Å². The second-order valence-electron chi connectivity index (χ2n) is 8.03. The molecule has 1 saturated carbocycles. The molecule has 2 aromatic rings. The molecular weight excluding hydrogens is 378 g/mol. The SMILES string of the molecule is O=C(c1ccc(=O)[nH]n1)N1[C@@H]2CC[C@H]1[C@@](Cc1cscn1)(C(=O)NC1CC1)C2. The number of H-pyrrole nitrogens is 1. The molecular formula is C19H21N5O3S. The molecule has 0 spiro atoms. The van der Waals surface area contributed by atoms with Gasteiger partial charge in [0.1, 0.15) is 5.69 Å². The van der Waals surface area contributed by atoms with Crippen molar-refractivity contribution in [1.29, 1.82) is 0 Å². The van der Waals surface area contributed by atoms with Gasteiger partial charge in [-0.25, -0.2) is 10.1 Å². The zero-order valence-electron chi connectivity index (χ0n) is 15.3. The number of rotatable bonds is 5. The Morgan fingerprint density at radius 1 is 1.29 bits per heavy atom. The molecule has 3 aliphatic rings. The number of carbonyl (C=O) groups is 2. The molecule has 3 fully saturated rings. The average molecular weight is 399 g/mol. The van der Waals surface area contributed by atoms with Gasteiger partial charge in [0.05, 0.1) is 16.6 Å². The highest BCUT2D eigenvalue weighted by Crippen LogP contribution is 2.52. The normalized spacial score (nSPS) is 28.5. The van der Waals surface area contributed by atoms with Crippen LogP contribution in [0.1, 0.15) is 48.3 Å². The Kier molecular flexibility index (Phi) is 4.08. The topological polar surface area (TPSA) is 108 Å². The number of thiazole rings is 1. The fraction of sp³-hybridized carbons (Fsp3) is 0.526. The summed E-state index contributed by atoms with van der Waals surface area (Å²) in [6, 6.07) is 2.85. The summed E-state index contributed by atoms with van der Waals surface area (Å²) in [6.07, 6.45) is 4.91. The highest BCUT2D eigenvalue weighted by Gasteiger charge is 2.61. The van der Waals surface area contributed by atoms with Gasteiger partial charge in [-0.2, -0.15) is 5.10 Å². The molecule has 0 radical (unpaired) electrons. The Morgan fingerprint density at radius 3 is 2.82 bits per heavy atom. The van der Waals surface area contributed by atoms with Crippen LogP contribution in [0.2, 0.25) is 0 Å². The smallest absolute Gasteiger partial charge is 0.274 e. The lowest BCUT2D eigenvalue weighted by Gasteiger charge is -2.35. The minimum absolute atomic E-state index is 0.00909. The summed E-state index contributed by atoms with van der Waals surface area (Å²) >= 11 is 1.52. The molecule has 3 atom stereocenters. The Hall–Kier alpha value is -2.55. The summed E-state index contributed by atoms with van der Waals surface area (Å²) < 4.78 is 0. The van der Waals surface area contributed by atoms with E-state index < -0.39 is 5.41 Å². The maximum Gasteiger partial charge on any atom is 0.274 e. The van der Waals surface area contributed by atoms with Crippen LogP contribution in [0.4, 0.5) is 0 Å². The summed E-state index contributed by atoms with van der Waals surface area (Å²) in [5.41, 5.74) is 1.89. The number of carbonyl (C=O) groups excluding carboxylic acids is 2. The van der Waals surface area contributed by atoms with Crippen LogP contribution in [0, 0.1) is 5.41 Å². The van der Waals surface area contributed by atoms with E-state index in [4.69, 9.17) is 0 Å². The third-order valence-corrected chi connectivity index (χ3v) is 6.85. The van der Waals surface area contributed by atoms with E-state index in [2.05, 4.69) is 20.5 Å². The summed E-state index contributed by atoms with van der Waals surface area (Å²) in [4.78, 5) is 44.0. The number of aromatic nitrogens is 3. The minimum atomic E-state index is -0.655. The second-order valence-corrected chi connectivity index (χ2v) is 8.75. The van der Waals surface area contributed by atoms with Gasteiger partial charge in [-0.05, 0) is 38.2 Å². The fourth-order valence-electron chi connectivity index (χ4n) is 4.80. The number of hydrogen-bond acceptors (Lipinski definition) is 6. The quantitative estimate of drug-likeness (QED) is 0.783. The van der Waals surface area contributed by atoms with Gasteiger partial charge >= 0.3 is 0 Å². The van der Waals surface area contributed by atoms with E-state index in [1.54, 1.807) is 5.51 Å². The summed E-state index contributed by atoms with van der Waals surface area (Å²) in [5.74, 6) is -0.175. The van der Waals surface area contributed by atoms with Crippen LogP contribution in [0.15, 0.2) is 27.8 Å². The molecule has 2 bridgehead atoms. The molecule has 4 heterocycles. The van der Waals surface area contributed by atoms with Crippen LogP contribution in [-0.2, 0) is 11.2 Å². The van der Waals surface area contributed by atoms with Crippen molar-refractivity contribution in [1.82, 2.24) is 25.4 Å². The zero-order valence-corrected chi connectivity index (χ0v) is 16.1. The van der Waals surface area contributed by atoms with Gasteiger partial charge in [0, 0.05) is 36.0 Å². The van der Waals surface area contributed by atoms with E-state index in [1.807, 2.05) is 10.3 Å². The molecule has 1 aliphatic carbocycles. The molecule has 2 aromatic heterocycles. The minimum Gasteiger partial charge on any atom is -0.353 e. The number of aromatic amines is 1. The summed E-state index contributed by atoms with van der Waals surface area (Å²) in [7, 11) is 0. The van der Waals surface area contributed by atoms with Crippen molar-refractivity contribution in [3.05, 3.63) is 44.8 Å². The van der Waals surface area contributed by atoms with Crippen LogP contribution in [0.25, 0.3) is 0 Å². The molecule has 28 heavy (non-hydrogen) atoms. The van der Waals surface area contributed by atoms with Crippen molar-refractivity contribution in [3.63, 3.8) is 0 Å². The van der Waals surface area contributed by atoms with Gasteiger partial charge in [0.25, 0.3) is 11.5 Å². The van der Waals surface area contributed by atoms with Gasteiger partial charge < -0.3 is 10.2 Å². The first-order valence-electron chi connectivity index (χ1n) is 9.63. The van der Waals surface area contributed by atoms with Gasteiger partial charge in [-0.15, -0.1) is 11.3 Å².